The summed E-state index contributed by atoms with van der Waals surface area (Å²) in [6.45, 7) is 8.29. The van der Waals surface area contributed by atoms with Gasteiger partial charge in [0.05, 0.1) is 12.5 Å². The maximum atomic E-state index is 14.6. The first kappa shape index (κ1) is 76.8. The zero-order valence-corrected chi connectivity index (χ0v) is 51.7. The van der Waals surface area contributed by atoms with Crippen LogP contribution in [-0.2, 0) is 64.0 Å². The molecule has 0 saturated carbocycles. The summed E-state index contributed by atoms with van der Waals surface area (Å²) in [5.74, 6) is -11.3. The number of aliphatic carboxylic acids is 2. The number of carboxylic acids is 2. The SMILES string of the molecule is CC(C)C[C@H](NC(=O)[C@H](CCCCN)NC(=O)[C@H](CCC(=O)O)NC(=O)[C@@H](N)CCCCN)C(=O)N[C@@H](CCCCN)C(=O)N[C@@H](CC(N)=O)C(=O)N1CCC[C@H]1C(=O)N[C@@H](CC(C)C)C(=O)N[C@@H](Cc1ccccc1)C(=O)N[C@@H](CCCCN)C(=O)O. The molecule has 1 fully saturated rings. The quantitative estimate of drug-likeness (QED) is 0.0310. The highest BCUT2D eigenvalue weighted by atomic mass is 16.4. The molecule has 1 saturated heterocycles. The first-order chi connectivity index (χ1) is 41.8. The normalized spacial score (nSPS) is 16.1. The number of nitrogens with two attached hydrogens (primary N) is 6. The van der Waals surface area contributed by atoms with Crippen molar-refractivity contribution in [3.63, 3.8) is 0 Å². The highest BCUT2D eigenvalue weighted by Gasteiger charge is 2.41. The zero-order valence-electron chi connectivity index (χ0n) is 51.7. The van der Waals surface area contributed by atoms with E-state index in [2.05, 4.69) is 42.5 Å². The average Bonchev–Trinajstić information content (AvgIpc) is 4.16. The summed E-state index contributed by atoms with van der Waals surface area (Å²) < 4.78 is 0. The third-order valence-corrected chi connectivity index (χ3v) is 14.8. The molecule has 10 atom stereocenters. The van der Waals surface area contributed by atoms with Gasteiger partial charge in [-0.2, -0.15) is 0 Å². The Morgan fingerprint density at radius 2 is 0.898 bits per heavy atom. The monoisotopic (exact) mass is 1240 g/mol. The number of hydrogen-bond donors (Lipinski definition) is 16. The average molecular weight is 1240 g/mol. The van der Waals surface area contributed by atoms with Crippen LogP contribution in [0.3, 0.4) is 0 Å². The number of unbranched alkanes of at least 4 members (excludes halogenated alkanes) is 4. The highest BCUT2D eigenvalue weighted by molar-refractivity contribution is 5.99. The van der Waals surface area contributed by atoms with E-state index in [1.165, 1.54) is 0 Å². The number of amides is 10. The standard InChI is InChI=1S/C59H101N15O14/c1-35(2)31-43(70-51(79)39(20-9-13-27-61)67-53(81)41(24-25-49(76)77)66-50(78)38(64)19-8-12-26-60)54(82)68-40(21-10-14-28-62)52(80)73-46(34-48(65)75)58(86)74-30-16-23-47(74)57(85)72-44(32-36(3)4)55(83)71-45(33-37-17-6-5-7-18-37)56(84)69-42(59(87)88)22-11-15-29-63/h5-7,17-18,35-36,38-47H,8-16,19-34,60-64H2,1-4H3,(H2,65,75)(H,66,78)(H,67,81)(H,68,82)(H,69,84)(H,70,79)(H,71,83)(H,72,85)(H,73,80)(H,76,77)(H,87,88)/t38-,39-,40-,41-,42-,43-,44-,45-,46-,47-/m0/s1. The van der Waals surface area contributed by atoms with Crippen LogP contribution >= 0.6 is 0 Å². The van der Waals surface area contributed by atoms with Gasteiger partial charge in [0.25, 0.3) is 0 Å². The number of benzene rings is 1. The highest BCUT2D eigenvalue weighted by Crippen LogP contribution is 2.21. The summed E-state index contributed by atoms with van der Waals surface area (Å²) in [6, 6.07) is -4.50. The predicted octanol–water partition coefficient (Wildman–Crippen LogP) is -2.14. The van der Waals surface area contributed by atoms with Gasteiger partial charge >= 0.3 is 11.9 Å². The fourth-order valence-corrected chi connectivity index (χ4v) is 10.00. The maximum absolute atomic E-state index is 14.6. The summed E-state index contributed by atoms with van der Waals surface area (Å²) in [5.41, 5.74) is 35.1. The van der Waals surface area contributed by atoms with Crippen molar-refractivity contribution in [2.45, 2.75) is 217 Å². The Morgan fingerprint density at radius 3 is 1.36 bits per heavy atom. The maximum Gasteiger partial charge on any atom is 0.326 e. The smallest absolute Gasteiger partial charge is 0.326 e. The molecule has 1 aliphatic heterocycles. The third-order valence-electron chi connectivity index (χ3n) is 14.8. The van der Waals surface area contributed by atoms with Crippen molar-refractivity contribution in [2.24, 2.45) is 46.2 Å². The number of hydrogen-bond acceptors (Lipinski definition) is 17. The Balaban J connectivity index is 2.44. The number of carbonyl (C=O) groups excluding carboxylic acids is 10. The van der Waals surface area contributed by atoms with E-state index < -0.39 is 144 Å². The van der Waals surface area contributed by atoms with Crippen molar-refractivity contribution in [2.75, 3.05) is 32.7 Å². The van der Waals surface area contributed by atoms with Gasteiger partial charge in [-0.25, -0.2) is 4.79 Å². The first-order valence-corrected chi connectivity index (χ1v) is 30.8. The van der Waals surface area contributed by atoms with E-state index >= 15 is 0 Å². The Hall–Kier alpha value is -7.34. The predicted molar refractivity (Wildman–Crippen MR) is 327 cm³/mol. The van der Waals surface area contributed by atoms with Crippen molar-refractivity contribution >= 4 is 71.0 Å². The summed E-state index contributed by atoms with van der Waals surface area (Å²) in [5, 5.41) is 40.4. The Kier molecular flexibility index (Phi) is 36.4. The van der Waals surface area contributed by atoms with Crippen LogP contribution in [0.15, 0.2) is 30.3 Å². The second kappa shape index (κ2) is 41.7. The van der Waals surface area contributed by atoms with Crippen molar-refractivity contribution in [3.05, 3.63) is 35.9 Å². The lowest BCUT2D eigenvalue weighted by Crippen LogP contribution is -2.61. The number of primary amides is 1. The van der Waals surface area contributed by atoms with Crippen molar-refractivity contribution in [1.29, 1.82) is 0 Å². The van der Waals surface area contributed by atoms with Crippen molar-refractivity contribution < 1.29 is 67.7 Å². The van der Waals surface area contributed by atoms with Gasteiger partial charge in [0.2, 0.25) is 59.1 Å². The van der Waals surface area contributed by atoms with Gasteiger partial charge in [-0.15, -0.1) is 0 Å². The van der Waals surface area contributed by atoms with Gasteiger partial charge in [-0.1, -0.05) is 64.4 Å². The van der Waals surface area contributed by atoms with Gasteiger partial charge in [-0.05, 0) is 146 Å². The van der Waals surface area contributed by atoms with E-state index in [-0.39, 0.29) is 95.7 Å². The van der Waals surface area contributed by atoms with Crippen LogP contribution in [0.4, 0.5) is 0 Å². The molecule has 496 valence electrons. The number of rotatable bonds is 45. The molecule has 2 rings (SSSR count). The minimum Gasteiger partial charge on any atom is -0.481 e. The topological polar surface area (TPSA) is 501 Å². The number of carboxylic acid groups (broad SMARTS) is 2. The summed E-state index contributed by atoms with van der Waals surface area (Å²) in [6.07, 6.45) is 2.69. The van der Waals surface area contributed by atoms with Crippen LogP contribution in [0.5, 0.6) is 0 Å². The molecular formula is C59H101N15O14. The van der Waals surface area contributed by atoms with Crippen molar-refractivity contribution in [3.8, 4) is 0 Å². The number of carbonyl (C=O) groups is 12. The lowest BCUT2D eigenvalue weighted by atomic mass is 10.00. The van der Waals surface area contributed by atoms with Crippen LogP contribution in [0, 0.1) is 11.8 Å². The molecule has 0 unspecified atom stereocenters. The molecule has 22 N–H and O–H groups in total. The summed E-state index contributed by atoms with van der Waals surface area (Å²) >= 11 is 0. The molecule has 0 aromatic heterocycles. The fourth-order valence-electron chi connectivity index (χ4n) is 10.00. The van der Waals surface area contributed by atoms with Crippen molar-refractivity contribution in [1.82, 2.24) is 47.4 Å². The first-order valence-electron chi connectivity index (χ1n) is 30.8. The molecule has 29 nitrogen and oxygen atoms in total. The van der Waals surface area contributed by atoms with Gasteiger partial charge in [-0.3, -0.25) is 52.7 Å². The van der Waals surface area contributed by atoms with Gasteiger partial charge < -0.3 is 92.0 Å². The molecule has 29 heteroatoms. The molecular weight excluding hydrogens is 1140 g/mol. The van der Waals surface area contributed by atoms with Crippen LogP contribution in [-0.4, -0.2) is 179 Å². The molecule has 0 aliphatic carbocycles. The lowest BCUT2D eigenvalue weighted by Gasteiger charge is -2.31. The Morgan fingerprint density at radius 1 is 0.500 bits per heavy atom. The van der Waals surface area contributed by atoms with Gasteiger partial charge in [0, 0.05) is 19.4 Å². The molecule has 0 radical (unpaired) electrons. The Labute approximate surface area is 515 Å². The van der Waals surface area contributed by atoms with Gasteiger partial charge in [0.1, 0.15) is 54.4 Å². The third kappa shape index (κ3) is 29.1. The fraction of sp³-hybridized carbons (Fsp3) is 0.695. The second-order valence-electron chi connectivity index (χ2n) is 23.3. The molecule has 1 aromatic rings. The second-order valence-corrected chi connectivity index (χ2v) is 23.3. The van der Waals surface area contributed by atoms with E-state index in [1.54, 1.807) is 58.0 Å². The molecule has 0 bridgehead atoms. The summed E-state index contributed by atoms with van der Waals surface area (Å²) in [4.78, 5) is 164. The van der Waals surface area contributed by atoms with Crippen LogP contribution in [0.25, 0.3) is 0 Å². The van der Waals surface area contributed by atoms with Gasteiger partial charge in [0.15, 0.2) is 0 Å². The molecule has 1 aromatic carbocycles. The lowest BCUT2D eigenvalue weighted by molar-refractivity contribution is -0.143. The van der Waals surface area contributed by atoms with E-state index in [0.717, 1.165) is 4.90 Å². The van der Waals surface area contributed by atoms with Crippen LogP contribution in [0.2, 0.25) is 0 Å². The minimum absolute atomic E-state index is 0.0131. The van der Waals surface area contributed by atoms with Crippen LogP contribution in [0.1, 0.15) is 155 Å². The zero-order chi connectivity index (χ0) is 65.9. The number of nitrogens with one attached hydrogen (secondary N) is 8. The van der Waals surface area contributed by atoms with E-state index in [1.807, 2.05) is 0 Å². The molecule has 1 heterocycles. The molecule has 88 heavy (non-hydrogen) atoms. The van der Waals surface area contributed by atoms with E-state index in [4.69, 9.17) is 34.4 Å². The Bertz CT molecular complexity index is 2420. The summed E-state index contributed by atoms with van der Waals surface area (Å²) in [7, 11) is 0. The largest absolute Gasteiger partial charge is 0.481 e. The van der Waals surface area contributed by atoms with Crippen LogP contribution < -0.4 is 76.9 Å². The molecule has 1 aliphatic rings. The van der Waals surface area contributed by atoms with E-state index in [0.29, 0.717) is 70.0 Å². The minimum atomic E-state index is -1.66. The number of likely N-dealkylation sites (tertiary alicyclic amines) is 1. The van der Waals surface area contributed by atoms with E-state index in [9.17, 15) is 67.7 Å². The number of nitrogens with zero attached hydrogens (tertiary/aromatic N) is 1. The molecule has 10 amide bonds. The molecule has 0 spiro atoms.